The zero-order valence-corrected chi connectivity index (χ0v) is 6.21. The monoisotopic (exact) mass is 210 g/mol. The molecule has 0 radical (unpaired) electrons. The van der Waals surface area contributed by atoms with Crippen LogP contribution in [0.4, 0.5) is 0 Å². The number of hydrogen-bond acceptors (Lipinski definition) is 2. The van der Waals surface area contributed by atoms with Crippen molar-refractivity contribution in [1.82, 2.24) is 0 Å². The van der Waals surface area contributed by atoms with E-state index in [1.807, 2.05) is 29.8 Å². The summed E-state index contributed by atoms with van der Waals surface area (Å²) in [4.78, 5) is 0. The van der Waals surface area contributed by atoms with Gasteiger partial charge >= 0.3 is 0 Å². The van der Waals surface area contributed by atoms with Crippen molar-refractivity contribution in [3.05, 3.63) is 11.8 Å². The Hall–Kier alpha value is -0.0600. The molecular weight excluding hydrogens is 203 g/mol. The van der Waals surface area contributed by atoms with Crippen molar-refractivity contribution in [3.8, 4) is 0 Å². The van der Waals surface area contributed by atoms with E-state index >= 15 is 0 Å². The predicted molar refractivity (Wildman–Crippen MR) is 40.5 cm³/mol. The van der Waals surface area contributed by atoms with Crippen molar-refractivity contribution in [3.63, 3.8) is 0 Å². The van der Waals surface area contributed by atoms with Gasteiger partial charge in [-0.3, -0.25) is 0 Å². The van der Waals surface area contributed by atoms with Crippen LogP contribution in [0.1, 0.15) is 6.92 Å². The molecule has 0 aliphatic heterocycles. The second-order valence-corrected chi connectivity index (χ2v) is 1.71. The lowest BCUT2D eigenvalue weighted by atomic mass is 10.5. The van der Waals surface area contributed by atoms with E-state index in [-0.39, 0.29) is 0 Å². The van der Waals surface area contributed by atoms with Crippen LogP contribution in [-0.2, 0) is 0 Å². The molecule has 0 bridgehead atoms. The van der Waals surface area contributed by atoms with Gasteiger partial charge < -0.3 is 5.73 Å². The van der Waals surface area contributed by atoms with E-state index in [4.69, 9.17) is 5.73 Å². The van der Waals surface area contributed by atoms with Crippen LogP contribution in [-0.4, -0.2) is 6.21 Å². The van der Waals surface area contributed by atoms with Crippen molar-refractivity contribution in [2.24, 2.45) is 8.94 Å². The fraction of sp³-hybridized carbons (Fsp3) is 0.250. The van der Waals surface area contributed by atoms with Crippen LogP contribution >= 0.6 is 22.9 Å². The number of nitrogens with zero attached hydrogens (tertiary/aromatic N) is 1. The van der Waals surface area contributed by atoms with E-state index in [2.05, 4.69) is 3.21 Å². The Kier molecular flexibility index (Phi) is 4.07. The molecule has 0 saturated heterocycles. The maximum absolute atomic E-state index is 5.24. The molecule has 2 N–H and O–H groups in total. The fourth-order valence-electron chi connectivity index (χ4n) is 0.146. The molecule has 0 atom stereocenters. The molecule has 0 fully saturated rings. The Morgan fingerprint density at radius 1 is 1.86 bits per heavy atom. The molecule has 0 aliphatic carbocycles. The SMILES string of the molecule is CC(N)=CC=NI. The number of halogens is 1. The van der Waals surface area contributed by atoms with Crippen LogP contribution in [0.2, 0.25) is 0 Å². The number of hydrogen-bond donors (Lipinski definition) is 1. The maximum Gasteiger partial charge on any atom is 0.0831 e. The topological polar surface area (TPSA) is 38.4 Å². The fourth-order valence-corrected chi connectivity index (χ4v) is 0.307. The quantitative estimate of drug-likeness (QED) is 0.513. The van der Waals surface area contributed by atoms with Gasteiger partial charge in [0.2, 0.25) is 0 Å². The largest absolute Gasteiger partial charge is 0.402 e. The molecule has 0 heterocycles. The standard InChI is InChI=1S/C4H7IN2/c1-4(6)2-3-7-5/h2-3H,6H2,1H3. The van der Waals surface area contributed by atoms with Gasteiger partial charge in [-0.25, -0.2) is 3.21 Å². The van der Waals surface area contributed by atoms with Crippen LogP contribution in [0.3, 0.4) is 0 Å². The molecular formula is C4H7IN2. The van der Waals surface area contributed by atoms with Gasteiger partial charge in [-0.2, -0.15) is 0 Å². The molecule has 2 nitrogen and oxygen atoms in total. The van der Waals surface area contributed by atoms with E-state index in [0.29, 0.717) is 0 Å². The van der Waals surface area contributed by atoms with E-state index < -0.39 is 0 Å². The first-order chi connectivity index (χ1) is 3.27. The predicted octanol–water partition coefficient (Wildman–Crippen LogP) is 1.27. The Morgan fingerprint density at radius 3 is 2.57 bits per heavy atom. The maximum atomic E-state index is 5.24. The van der Waals surface area contributed by atoms with Gasteiger partial charge in [-0.1, -0.05) is 0 Å². The highest BCUT2D eigenvalue weighted by Crippen LogP contribution is 1.80. The molecule has 0 amide bonds. The lowest BCUT2D eigenvalue weighted by Crippen LogP contribution is -1.88. The first-order valence-corrected chi connectivity index (χ1v) is 2.80. The molecule has 0 aromatic heterocycles. The molecule has 0 rings (SSSR count). The van der Waals surface area contributed by atoms with Crippen LogP contribution in [0.5, 0.6) is 0 Å². The Balaban J connectivity index is 3.46. The average Bonchev–Trinajstić information content (AvgIpc) is 1.61. The van der Waals surface area contributed by atoms with Gasteiger partial charge in [-0.15, -0.1) is 0 Å². The van der Waals surface area contributed by atoms with Gasteiger partial charge in [-0.05, 0) is 13.0 Å². The first kappa shape index (κ1) is 6.94. The van der Waals surface area contributed by atoms with Crippen LogP contribution < -0.4 is 5.73 Å². The number of nitrogens with two attached hydrogens (primary N) is 1. The molecule has 0 aromatic carbocycles. The third-order valence-electron chi connectivity index (χ3n) is 0.394. The first-order valence-electron chi connectivity index (χ1n) is 1.84. The summed E-state index contributed by atoms with van der Waals surface area (Å²) in [5.74, 6) is 0. The van der Waals surface area contributed by atoms with Crippen LogP contribution in [0.25, 0.3) is 0 Å². The highest BCUT2D eigenvalue weighted by Gasteiger charge is 1.66. The summed E-state index contributed by atoms with van der Waals surface area (Å²) >= 11 is 1.89. The van der Waals surface area contributed by atoms with Crippen molar-refractivity contribution in [2.45, 2.75) is 6.92 Å². The van der Waals surface area contributed by atoms with E-state index in [9.17, 15) is 0 Å². The van der Waals surface area contributed by atoms with Crippen molar-refractivity contribution in [2.75, 3.05) is 0 Å². The van der Waals surface area contributed by atoms with E-state index in [0.717, 1.165) is 5.70 Å². The van der Waals surface area contributed by atoms with Gasteiger partial charge in [0, 0.05) is 11.9 Å². The molecule has 0 saturated carbocycles. The minimum atomic E-state index is 0.778. The van der Waals surface area contributed by atoms with Crippen LogP contribution in [0, 0.1) is 0 Å². The number of allylic oxidation sites excluding steroid dienone is 2. The summed E-state index contributed by atoms with van der Waals surface area (Å²) in [7, 11) is 0. The summed E-state index contributed by atoms with van der Waals surface area (Å²) in [5, 5.41) is 0. The summed E-state index contributed by atoms with van der Waals surface area (Å²) in [6, 6.07) is 0. The highest BCUT2D eigenvalue weighted by atomic mass is 127. The minimum absolute atomic E-state index is 0.778. The van der Waals surface area contributed by atoms with E-state index in [1.54, 1.807) is 12.3 Å². The molecule has 3 heteroatoms. The highest BCUT2D eigenvalue weighted by molar-refractivity contribution is 14.1. The zero-order valence-electron chi connectivity index (χ0n) is 4.06. The summed E-state index contributed by atoms with van der Waals surface area (Å²) < 4.78 is 3.66. The Bertz CT molecular complexity index is 91.9. The average molecular weight is 210 g/mol. The zero-order chi connectivity index (χ0) is 5.70. The summed E-state index contributed by atoms with van der Waals surface area (Å²) in [6.45, 7) is 1.82. The Labute approximate surface area is 57.0 Å². The summed E-state index contributed by atoms with van der Waals surface area (Å²) in [6.07, 6.45) is 3.39. The van der Waals surface area contributed by atoms with Gasteiger partial charge in [0.05, 0.1) is 22.9 Å². The van der Waals surface area contributed by atoms with Crippen molar-refractivity contribution >= 4 is 29.1 Å². The normalized spacial score (nSPS) is 13.1. The number of rotatable bonds is 1. The molecule has 0 spiro atoms. The second kappa shape index (κ2) is 4.11. The van der Waals surface area contributed by atoms with E-state index in [1.165, 1.54) is 0 Å². The van der Waals surface area contributed by atoms with Crippen LogP contribution in [0.15, 0.2) is 15.0 Å². The van der Waals surface area contributed by atoms with Gasteiger partial charge in [0.25, 0.3) is 0 Å². The molecule has 0 unspecified atom stereocenters. The summed E-state index contributed by atoms with van der Waals surface area (Å²) in [5.41, 5.74) is 6.02. The third kappa shape index (κ3) is 5.94. The third-order valence-corrected chi connectivity index (χ3v) is 0.715. The van der Waals surface area contributed by atoms with Crippen molar-refractivity contribution in [1.29, 1.82) is 0 Å². The van der Waals surface area contributed by atoms with Gasteiger partial charge in [0.15, 0.2) is 0 Å². The second-order valence-electron chi connectivity index (χ2n) is 1.16. The smallest absolute Gasteiger partial charge is 0.0831 e. The lowest BCUT2D eigenvalue weighted by molar-refractivity contribution is 1.33. The lowest BCUT2D eigenvalue weighted by Gasteiger charge is -1.78. The molecule has 0 aromatic rings. The van der Waals surface area contributed by atoms with Gasteiger partial charge in [0.1, 0.15) is 0 Å². The Morgan fingerprint density at radius 2 is 2.43 bits per heavy atom. The molecule has 7 heavy (non-hydrogen) atoms. The minimum Gasteiger partial charge on any atom is -0.402 e. The molecule has 0 aliphatic rings. The molecule has 40 valence electrons. The van der Waals surface area contributed by atoms with Crippen molar-refractivity contribution < 1.29 is 0 Å².